The van der Waals surface area contributed by atoms with E-state index in [0.717, 1.165) is 24.3 Å². The van der Waals surface area contributed by atoms with Gasteiger partial charge in [-0.05, 0) is 41.5 Å². The molecule has 0 fully saturated rings. The van der Waals surface area contributed by atoms with Crippen LogP contribution in [-0.4, -0.2) is 36.5 Å². The van der Waals surface area contributed by atoms with Crippen LogP contribution in [0.25, 0.3) is 0 Å². The predicted octanol–water partition coefficient (Wildman–Crippen LogP) is 4.06. The first kappa shape index (κ1) is 20.1. The van der Waals surface area contributed by atoms with Gasteiger partial charge in [-0.3, -0.25) is 4.79 Å². The van der Waals surface area contributed by atoms with Gasteiger partial charge in [-0.15, -0.1) is 0 Å². The number of halogens is 1. The summed E-state index contributed by atoms with van der Waals surface area (Å²) in [6.45, 7) is 2.42. The molecule has 0 saturated heterocycles. The van der Waals surface area contributed by atoms with E-state index in [1.165, 1.54) is 29.8 Å². The number of amides is 1. The lowest BCUT2D eigenvalue weighted by atomic mass is 10.1. The van der Waals surface area contributed by atoms with Crippen LogP contribution in [0.4, 0.5) is 4.39 Å². The summed E-state index contributed by atoms with van der Waals surface area (Å²) in [5, 5.41) is 3.42. The molecule has 1 atom stereocenters. The first-order valence-corrected chi connectivity index (χ1v) is 10.2. The average Bonchev–Trinajstić information content (AvgIpc) is 3.19. The maximum Gasteiger partial charge on any atom is 0.254 e. The van der Waals surface area contributed by atoms with Crippen LogP contribution in [0, 0.1) is 5.82 Å². The summed E-state index contributed by atoms with van der Waals surface area (Å²) in [7, 11) is 0. The van der Waals surface area contributed by atoms with Crippen molar-refractivity contribution in [3.8, 4) is 5.75 Å². The Hall–Kier alpha value is -3.18. The lowest BCUT2D eigenvalue weighted by Crippen LogP contribution is -2.39. The largest absolute Gasteiger partial charge is 0.488 e. The van der Waals surface area contributed by atoms with Gasteiger partial charge in [0.2, 0.25) is 0 Å². The van der Waals surface area contributed by atoms with E-state index in [1.54, 1.807) is 4.90 Å². The molecular formula is C25H25FN2O2. The van der Waals surface area contributed by atoms with Crippen molar-refractivity contribution in [2.24, 2.45) is 0 Å². The maximum absolute atomic E-state index is 13.2. The van der Waals surface area contributed by atoms with Gasteiger partial charge in [-0.2, -0.15) is 0 Å². The summed E-state index contributed by atoms with van der Waals surface area (Å²) in [6.07, 6.45) is 1.00. The predicted molar refractivity (Wildman–Crippen MR) is 115 cm³/mol. The number of carbonyl (C=O) groups excluding carboxylic acids is 1. The second kappa shape index (κ2) is 9.55. The Morgan fingerprint density at radius 2 is 1.73 bits per heavy atom. The molecule has 0 spiro atoms. The molecule has 1 amide bonds. The van der Waals surface area contributed by atoms with Crippen molar-refractivity contribution in [2.45, 2.75) is 19.1 Å². The second-order valence-electron chi connectivity index (χ2n) is 7.48. The third-order valence-electron chi connectivity index (χ3n) is 5.24. The van der Waals surface area contributed by atoms with E-state index in [4.69, 9.17) is 4.74 Å². The zero-order valence-electron chi connectivity index (χ0n) is 16.8. The van der Waals surface area contributed by atoms with Crippen molar-refractivity contribution in [2.75, 3.05) is 19.6 Å². The third kappa shape index (κ3) is 5.05. The molecule has 1 heterocycles. The summed E-state index contributed by atoms with van der Waals surface area (Å²) in [4.78, 5) is 14.8. The topological polar surface area (TPSA) is 41.6 Å². The van der Waals surface area contributed by atoms with Gasteiger partial charge in [0.25, 0.3) is 5.91 Å². The third-order valence-corrected chi connectivity index (χ3v) is 5.24. The minimum absolute atomic E-state index is 0.106. The first-order valence-electron chi connectivity index (χ1n) is 10.2. The molecule has 3 aromatic rings. The van der Waals surface area contributed by atoms with Gasteiger partial charge in [0, 0.05) is 38.2 Å². The fraction of sp³-hybridized carbons (Fsp3) is 0.240. The minimum atomic E-state index is -0.347. The van der Waals surface area contributed by atoms with Crippen molar-refractivity contribution in [1.29, 1.82) is 0 Å². The highest BCUT2D eigenvalue weighted by Crippen LogP contribution is 2.27. The molecule has 0 aliphatic carbocycles. The van der Waals surface area contributed by atoms with Gasteiger partial charge < -0.3 is 15.0 Å². The number of hydrogen-bond donors (Lipinski definition) is 1. The quantitative estimate of drug-likeness (QED) is 0.576. The van der Waals surface area contributed by atoms with Crippen molar-refractivity contribution in [3.63, 3.8) is 0 Å². The van der Waals surface area contributed by atoms with Gasteiger partial charge in [-0.25, -0.2) is 4.39 Å². The zero-order chi connectivity index (χ0) is 20.8. The number of benzene rings is 3. The summed E-state index contributed by atoms with van der Waals surface area (Å²) in [5.41, 5.74) is 2.78. The number of fused-ring (bicyclic) bond motifs is 1. The Bertz CT molecular complexity index is 951. The zero-order valence-corrected chi connectivity index (χ0v) is 16.8. The van der Waals surface area contributed by atoms with Crippen LogP contribution < -0.4 is 10.1 Å². The van der Waals surface area contributed by atoms with Crippen LogP contribution >= 0.6 is 0 Å². The Morgan fingerprint density at radius 3 is 2.50 bits per heavy atom. The van der Waals surface area contributed by atoms with Crippen LogP contribution in [0.15, 0.2) is 78.9 Å². The molecule has 0 bridgehead atoms. The molecule has 1 aliphatic rings. The van der Waals surface area contributed by atoms with Gasteiger partial charge in [0.15, 0.2) is 0 Å². The lowest BCUT2D eigenvalue weighted by molar-refractivity contribution is 0.0743. The van der Waals surface area contributed by atoms with E-state index < -0.39 is 0 Å². The van der Waals surface area contributed by atoms with E-state index in [2.05, 4.69) is 11.4 Å². The molecule has 3 aromatic carbocycles. The molecule has 1 aliphatic heterocycles. The van der Waals surface area contributed by atoms with Gasteiger partial charge in [0.1, 0.15) is 17.7 Å². The maximum atomic E-state index is 13.2. The molecule has 4 rings (SSSR count). The van der Waals surface area contributed by atoms with Crippen molar-refractivity contribution < 1.29 is 13.9 Å². The summed E-state index contributed by atoms with van der Waals surface area (Å²) in [6, 6.07) is 23.7. The monoisotopic (exact) mass is 404 g/mol. The van der Waals surface area contributed by atoms with Crippen LogP contribution in [0.5, 0.6) is 5.75 Å². The normalized spacial score (nSPS) is 14.8. The van der Waals surface area contributed by atoms with E-state index in [-0.39, 0.29) is 17.8 Å². The lowest BCUT2D eigenvalue weighted by Gasteiger charge is -2.24. The summed E-state index contributed by atoms with van der Waals surface area (Å²) in [5.74, 6) is 0.507. The standard InChI is InChI=1S/C25H25FN2O2/c26-22-12-10-20(11-13-22)25(29)28(18-19-6-2-1-3-7-19)15-14-27-17-23-16-21-8-4-5-9-24(21)30-23/h1-13,23,27H,14-18H2. The van der Waals surface area contributed by atoms with Crippen LogP contribution in [0.3, 0.4) is 0 Å². The molecule has 0 aromatic heterocycles. The van der Waals surface area contributed by atoms with Gasteiger partial charge in [0.05, 0.1) is 0 Å². The van der Waals surface area contributed by atoms with Crippen LogP contribution in [-0.2, 0) is 13.0 Å². The van der Waals surface area contributed by atoms with Crippen LogP contribution in [0.2, 0.25) is 0 Å². The molecule has 0 saturated carbocycles. The molecule has 154 valence electrons. The van der Waals surface area contributed by atoms with Gasteiger partial charge >= 0.3 is 0 Å². The highest BCUT2D eigenvalue weighted by molar-refractivity contribution is 5.94. The number of carbonyl (C=O) groups is 1. The fourth-order valence-electron chi connectivity index (χ4n) is 3.68. The van der Waals surface area contributed by atoms with E-state index in [9.17, 15) is 9.18 Å². The Kier molecular flexibility index (Phi) is 6.40. The number of rotatable bonds is 8. The van der Waals surface area contributed by atoms with Crippen LogP contribution in [0.1, 0.15) is 21.5 Å². The summed E-state index contributed by atoms with van der Waals surface area (Å²) >= 11 is 0. The SMILES string of the molecule is O=C(c1ccc(F)cc1)N(CCNCC1Cc2ccccc2O1)Cc1ccccc1. The minimum Gasteiger partial charge on any atom is -0.488 e. The molecule has 5 heteroatoms. The molecular weight excluding hydrogens is 379 g/mol. The van der Waals surface area contributed by atoms with E-state index in [1.807, 2.05) is 48.5 Å². The van der Waals surface area contributed by atoms with Gasteiger partial charge in [-0.1, -0.05) is 48.5 Å². The number of para-hydroxylation sites is 1. The Morgan fingerprint density at radius 1 is 1.00 bits per heavy atom. The van der Waals surface area contributed by atoms with Crippen molar-refractivity contribution in [1.82, 2.24) is 10.2 Å². The Labute approximate surface area is 176 Å². The highest BCUT2D eigenvalue weighted by Gasteiger charge is 2.22. The molecule has 1 N–H and O–H groups in total. The molecule has 1 unspecified atom stereocenters. The molecule has 4 nitrogen and oxygen atoms in total. The smallest absolute Gasteiger partial charge is 0.254 e. The highest BCUT2D eigenvalue weighted by atomic mass is 19.1. The van der Waals surface area contributed by atoms with Crippen molar-refractivity contribution in [3.05, 3.63) is 101 Å². The molecule has 30 heavy (non-hydrogen) atoms. The van der Waals surface area contributed by atoms with E-state index >= 15 is 0 Å². The number of ether oxygens (including phenoxy) is 1. The number of nitrogens with zero attached hydrogens (tertiary/aromatic N) is 1. The average molecular weight is 404 g/mol. The second-order valence-corrected chi connectivity index (χ2v) is 7.48. The Balaban J connectivity index is 1.34. The number of hydrogen-bond acceptors (Lipinski definition) is 3. The first-order chi connectivity index (χ1) is 14.7. The van der Waals surface area contributed by atoms with E-state index in [0.29, 0.717) is 25.2 Å². The fourth-order valence-corrected chi connectivity index (χ4v) is 3.68. The summed E-state index contributed by atoms with van der Waals surface area (Å²) < 4.78 is 19.2. The number of nitrogens with one attached hydrogen (secondary N) is 1. The van der Waals surface area contributed by atoms with Crippen molar-refractivity contribution >= 4 is 5.91 Å². The molecule has 0 radical (unpaired) electrons.